The first-order valence-electron chi connectivity index (χ1n) is 9.19. The number of thioether (sulfide) groups is 1. The molecule has 2 aromatic carbocycles. The van der Waals surface area contributed by atoms with Crippen molar-refractivity contribution >= 4 is 28.6 Å². The summed E-state index contributed by atoms with van der Waals surface area (Å²) in [5.41, 5.74) is 1.87. The summed E-state index contributed by atoms with van der Waals surface area (Å²) in [5.74, 6) is -0.322. The minimum atomic E-state index is -0.282. The lowest BCUT2D eigenvalue weighted by molar-refractivity contribution is -0.118. The van der Waals surface area contributed by atoms with E-state index in [9.17, 15) is 14.0 Å². The van der Waals surface area contributed by atoms with Crippen molar-refractivity contribution in [2.75, 3.05) is 5.75 Å². The molecule has 1 aromatic heterocycles. The molecule has 0 atom stereocenters. The molecule has 0 bridgehead atoms. The number of benzene rings is 2. The number of rotatable bonds is 6. The highest BCUT2D eigenvalue weighted by Crippen LogP contribution is 2.36. The summed E-state index contributed by atoms with van der Waals surface area (Å²) in [4.78, 5) is 29.7. The Bertz CT molecular complexity index is 1110. The van der Waals surface area contributed by atoms with E-state index < -0.39 is 0 Å². The molecule has 4 rings (SSSR count). The first kappa shape index (κ1) is 18.7. The first-order chi connectivity index (χ1) is 13.5. The zero-order chi connectivity index (χ0) is 19.7. The summed E-state index contributed by atoms with van der Waals surface area (Å²) in [6.07, 6.45) is 1.91. The van der Waals surface area contributed by atoms with Crippen molar-refractivity contribution in [1.29, 1.82) is 0 Å². The van der Waals surface area contributed by atoms with Crippen LogP contribution in [0, 0.1) is 12.7 Å². The normalized spacial score (nSPS) is 13.6. The lowest BCUT2D eigenvalue weighted by Gasteiger charge is -2.12. The Kier molecular flexibility index (Phi) is 5.17. The number of aryl methyl sites for hydroxylation is 1. The zero-order valence-electron chi connectivity index (χ0n) is 15.4. The van der Waals surface area contributed by atoms with Gasteiger partial charge in [-0.15, -0.1) is 0 Å². The Morgan fingerprint density at radius 1 is 1.29 bits per heavy atom. The first-order valence-corrected chi connectivity index (χ1v) is 10.2. The molecule has 1 aliphatic carbocycles. The van der Waals surface area contributed by atoms with Crippen LogP contribution in [0.4, 0.5) is 4.39 Å². The Hall–Kier alpha value is -2.67. The summed E-state index contributed by atoms with van der Waals surface area (Å²) in [6, 6.07) is 12.4. The van der Waals surface area contributed by atoms with E-state index in [4.69, 9.17) is 0 Å². The fourth-order valence-electron chi connectivity index (χ4n) is 3.01. The third-order valence-electron chi connectivity index (χ3n) is 4.75. The minimum Gasteiger partial charge on any atom is -0.351 e. The molecular formula is C21H20FN3O2S. The SMILES string of the molecule is Cc1ccc(CNC(=O)CSc2nc3ccccc3c(=O)n2C2CC2)cc1F. The average Bonchev–Trinajstić information content (AvgIpc) is 3.52. The number of fused-ring (bicyclic) bond motifs is 1. The van der Waals surface area contributed by atoms with E-state index in [-0.39, 0.29) is 35.6 Å². The molecule has 7 heteroatoms. The summed E-state index contributed by atoms with van der Waals surface area (Å²) in [7, 11) is 0. The van der Waals surface area contributed by atoms with E-state index in [1.54, 1.807) is 29.7 Å². The quantitative estimate of drug-likeness (QED) is 0.510. The topological polar surface area (TPSA) is 64.0 Å². The molecule has 1 fully saturated rings. The van der Waals surface area contributed by atoms with Gasteiger partial charge in [0, 0.05) is 12.6 Å². The highest BCUT2D eigenvalue weighted by atomic mass is 32.2. The third-order valence-corrected chi connectivity index (χ3v) is 5.70. The number of para-hydroxylation sites is 1. The second-order valence-corrected chi connectivity index (χ2v) is 7.91. The maximum Gasteiger partial charge on any atom is 0.262 e. The summed E-state index contributed by atoms with van der Waals surface area (Å²) < 4.78 is 15.3. The molecule has 144 valence electrons. The van der Waals surface area contributed by atoms with Gasteiger partial charge in [-0.05, 0) is 49.1 Å². The number of amides is 1. The Labute approximate surface area is 166 Å². The molecule has 1 saturated carbocycles. The van der Waals surface area contributed by atoms with Gasteiger partial charge in [-0.3, -0.25) is 14.2 Å². The molecule has 0 spiro atoms. The van der Waals surface area contributed by atoms with E-state index in [1.807, 2.05) is 18.2 Å². The van der Waals surface area contributed by atoms with Gasteiger partial charge in [0.1, 0.15) is 5.82 Å². The molecule has 3 aromatic rings. The molecule has 1 aliphatic rings. The fourth-order valence-corrected chi connectivity index (χ4v) is 3.91. The highest BCUT2D eigenvalue weighted by molar-refractivity contribution is 7.99. The number of carbonyl (C=O) groups is 1. The Balaban J connectivity index is 1.46. The Morgan fingerprint density at radius 2 is 2.07 bits per heavy atom. The van der Waals surface area contributed by atoms with Crippen LogP contribution in [-0.2, 0) is 11.3 Å². The van der Waals surface area contributed by atoms with Crippen LogP contribution in [0.1, 0.15) is 30.0 Å². The van der Waals surface area contributed by atoms with Crippen LogP contribution >= 0.6 is 11.8 Å². The molecule has 28 heavy (non-hydrogen) atoms. The van der Waals surface area contributed by atoms with Crippen LogP contribution in [0.3, 0.4) is 0 Å². The fraction of sp³-hybridized carbons (Fsp3) is 0.286. The predicted molar refractivity (Wildman–Crippen MR) is 108 cm³/mol. The third kappa shape index (κ3) is 3.94. The highest BCUT2D eigenvalue weighted by Gasteiger charge is 2.28. The van der Waals surface area contributed by atoms with Crippen molar-refractivity contribution in [1.82, 2.24) is 14.9 Å². The van der Waals surface area contributed by atoms with Gasteiger partial charge in [0.15, 0.2) is 5.16 Å². The second kappa shape index (κ2) is 7.75. The van der Waals surface area contributed by atoms with Crippen LogP contribution in [-0.4, -0.2) is 21.2 Å². The van der Waals surface area contributed by atoms with Crippen molar-refractivity contribution < 1.29 is 9.18 Å². The van der Waals surface area contributed by atoms with Crippen LogP contribution < -0.4 is 10.9 Å². The maximum atomic E-state index is 13.6. The molecule has 1 N–H and O–H groups in total. The smallest absolute Gasteiger partial charge is 0.262 e. The van der Waals surface area contributed by atoms with E-state index in [2.05, 4.69) is 10.3 Å². The number of nitrogens with zero attached hydrogens (tertiary/aromatic N) is 2. The van der Waals surface area contributed by atoms with Gasteiger partial charge in [0.05, 0.1) is 16.7 Å². The summed E-state index contributed by atoms with van der Waals surface area (Å²) >= 11 is 1.26. The van der Waals surface area contributed by atoms with Gasteiger partial charge in [0.25, 0.3) is 5.56 Å². The molecule has 5 nitrogen and oxygen atoms in total. The maximum absolute atomic E-state index is 13.6. The average molecular weight is 397 g/mol. The van der Waals surface area contributed by atoms with Gasteiger partial charge >= 0.3 is 0 Å². The van der Waals surface area contributed by atoms with E-state index in [1.165, 1.54) is 17.8 Å². The largest absolute Gasteiger partial charge is 0.351 e. The van der Waals surface area contributed by atoms with Crippen LogP contribution in [0.2, 0.25) is 0 Å². The van der Waals surface area contributed by atoms with Gasteiger partial charge in [-0.1, -0.05) is 36.0 Å². The molecular weight excluding hydrogens is 377 g/mol. The summed E-state index contributed by atoms with van der Waals surface area (Å²) in [5, 5.41) is 3.96. The van der Waals surface area contributed by atoms with Gasteiger partial charge < -0.3 is 5.32 Å². The molecule has 0 radical (unpaired) electrons. The van der Waals surface area contributed by atoms with Gasteiger partial charge in [0.2, 0.25) is 5.91 Å². The number of hydrogen-bond donors (Lipinski definition) is 1. The van der Waals surface area contributed by atoms with Crippen molar-refractivity contribution in [2.45, 2.75) is 37.5 Å². The molecule has 0 unspecified atom stereocenters. The van der Waals surface area contributed by atoms with Crippen LogP contribution in [0.25, 0.3) is 10.9 Å². The molecule has 0 saturated heterocycles. The lowest BCUT2D eigenvalue weighted by Crippen LogP contribution is -2.26. The van der Waals surface area contributed by atoms with Crippen LogP contribution in [0.5, 0.6) is 0 Å². The van der Waals surface area contributed by atoms with E-state index in [0.717, 1.165) is 12.8 Å². The molecule has 1 amide bonds. The standard InChI is InChI=1S/C21H20FN3O2S/c1-13-6-7-14(10-17(13)22)11-23-19(26)12-28-21-24-18-5-3-2-4-16(18)20(27)25(21)15-8-9-15/h2-7,10,15H,8-9,11-12H2,1H3,(H,23,26). The van der Waals surface area contributed by atoms with Crippen molar-refractivity contribution in [2.24, 2.45) is 0 Å². The monoisotopic (exact) mass is 397 g/mol. The van der Waals surface area contributed by atoms with Crippen molar-refractivity contribution in [3.8, 4) is 0 Å². The van der Waals surface area contributed by atoms with Gasteiger partial charge in [-0.2, -0.15) is 0 Å². The number of hydrogen-bond acceptors (Lipinski definition) is 4. The molecule has 1 heterocycles. The summed E-state index contributed by atoms with van der Waals surface area (Å²) in [6.45, 7) is 1.96. The number of carbonyl (C=O) groups excluding carboxylic acids is 1. The number of aromatic nitrogens is 2. The Morgan fingerprint density at radius 3 is 2.82 bits per heavy atom. The van der Waals surface area contributed by atoms with E-state index in [0.29, 0.717) is 27.2 Å². The number of nitrogens with one attached hydrogen (secondary N) is 1. The lowest BCUT2D eigenvalue weighted by atomic mass is 10.1. The van der Waals surface area contributed by atoms with E-state index >= 15 is 0 Å². The minimum absolute atomic E-state index is 0.0499. The number of halogens is 1. The van der Waals surface area contributed by atoms with Crippen LogP contribution in [0.15, 0.2) is 52.4 Å². The predicted octanol–water partition coefficient (Wildman–Crippen LogP) is 3.59. The zero-order valence-corrected chi connectivity index (χ0v) is 16.3. The van der Waals surface area contributed by atoms with Crippen molar-refractivity contribution in [3.05, 3.63) is 69.8 Å². The van der Waals surface area contributed by atoms with Gasteiger partial charge in [-0.25, -0.2) is 9.37 Å². The molecule has 0 aliphatic heterocycles. The van der Waals surface area contributed by atoms with Crippen molar-refractivity contribution in [3.63, 3.8) is 0 Å². The second-order valence-electron chi connectivity index (χ2n) is 6.97.